The van der Waals surface area contributed by atoms with Crippen molar-refractivity contribution < 1.29 is 23.8 Å². The van der Waals surface area contributed by atoms with Crippen LogP contribution in [-0.2, 0) is 16.1 Å². The van der Waals surface area contributed by atoms with E-state index in [9.17, 15) is 9.59 Å². The Kier molecular flexibility index (Phi) is 9.04. The van der Waals surface area contributed by atoms with Crippen LogP contribution in [0.1, 0.15) is 21.5 Å². The molecule has 0 atom stereocenters. The molecular formula is C27H21BrCl2N2O5S. The first kappa shape index (κ1) is 28.0. The molecule has 0 bridgehead atoms. The van der Waals surface area contributed by atoms with E-state index >= 15 is 0 Å². The zero-order chi connectivity index (χ0) is 27.4. The number of ether oxygens (including phenoxy) is 3. The lowest BCUT2D eigenvalue weighted by Gasteiger charge is -2.14. The van der Waals surface area contributed by atoms with Gasteiger partial charge in [0.15, 0.2) is 16.7 Å². The fraction of sp³-hybridized carbons (Fsp3) is 0.148. The van der Waals surface area contributed by atoms with Crippen LogP contribution in [0.5, 0.6) is 11.5 Å². The van der Waals surface area contributed by atoms with E-state index < -0.39 is 5.97 Å². The summed E-state index contributed by atoms with van der Waals surface area (Å²) in [5.41, 5.74) is 2.62. The number of rotatable bonds is 7. The fourth-order valence-corrected chi connectivity index (χ4v) is 5.33. The summed E-state index contributed by atoms with van der Waals surface area (Å²) >= 11 is 16.9. The molecule has 38 heavy (non-hydrogen) atoms. The second-order valence-corrected chi connectivity index (χ2v) is 10.7. The van der Waals surface area contributed by atoms with Gasteiger partial charge in [0.25, 0.3) is 5.91 Å². The third kappa shape index (κ3) is 6.35. The van der Waals surface area contributed by atoms with E-state index in [1.165, 1.54) is 23.8 Å². The number of hydrogen-bond acceptors (Lipinski definition) is 7. The highest BCUT2D eigenvalue weighted by molar-refractivity contribution is 9.10. The number of nitrogens with zero attached hydrogens (tertiary/aromatic N) is 2. The number of amides is 1. The van der Waals surface area contributed by atoms with Gasteiger partial charge >= 0.3 is 5.97 Å². The zero-order valence-corrected chi connectivity index (χ0v) is 24.4. The van der Waals surface area contributed by atoms with Gasteiger partial charge in [0.2, 0.25) is 0 Å². The van der Waals surface area contributed by atoms with E-state index in [4.69, 9.17) is 37.4 Å². The molecular weight excluding hydrogens is 615 g/mol. The molecule has 196 valence electrons. The van der Waals surface area contributed by atoms with Crippen LogP contribution in [0.4, 0.5) is 5.69 Å². The third-order valence-electron chi connectivity index (χ3n) is 5.43. The number of benzene rings is 3. The van der Waals surface area contributed by atoms with Crippen LogP contribution < -0.4 is 9.47 Å². The van der Waals surface area contributed by atoms with Gasteiger partial charge in [-0.1, -0.05) is 29.3 Å². The Morgan fingerprint density at radius 2 is 1.82 bits per heavy atom. The van der Waals surface area contributed by atoms with Crippen LogP contribution in [0.15, 0.2) is 69.0 Å². The summed E-state index contributed by atoms with van der Waals surface area (Å²) in [6.07, 6.45) is 1.77. The van der Waals surface area contributed by atoms with Crippen molar-refractivity contribution in [2.45, 2.75) is 6.61 Å². The van der Waals surface area contributed by atoms with E-state index in [2.05, 4.69) is 20.9 Å². The molecule has 0 saturated carbocycles. The smallest absolute Gasteiger partial charge is 0.337 e. The number of aliphatic imine (C=N–C) groups is 1. The van der Waals surface area contributed by atoms with Crippen LogP contribution in [0.3, 0.4) is 0 Å². The monoisotopic (exact) mass is 634 g/mol. The largest absolute Gasteiger partial charge is 0.493 e. The van der Waals surface area contributed by atoms with Gasteiger partial charge in [-0.25, -0.2) is 9.79 Å². The Bertz CT molecular complexity index is 1460. The van der Waals surface area contributed by atoms with Crippen LogP contribution in [0, 0.1) is 0 Å². The normalized spacial score (nSPS) is 15.3. The molecule has 1 amide bonds. The number of hydrogen-bond donors (Lipinski definition) is 0. The summed E-state index contributed by atoms with van der Waals surface area (Å²) in [7, 11) is 4.53. The van der Waals surface area contributed by atoms with E-state index in [0.717, 1.165) is 11.1 Å². The highest BCUT2D eigenvalue weighted by Crippen LogP contribution is 2.40. The number of carbonyl (C=O) groups excluding carboxylic acids is 2. The SMILES string of the molecule is COC(=O)c1ccc(N=C2S/C(=C\c3cc(Br)c(OCc4ccc(Cl)c(Cl)c4)c(OC)c3)C(=O)N2C)cc1. The molecule has 1 saturated heterocycles. The van der Waals surface area contributed by atoms with Gasteiger partial charge in [-0.3, -0.25) is 9.69 Å². The van der Waals surface area contributed by atoms with Crippen molar-refractivity contribution in [3.05, 3.63) is 90.7 Å². The molecule has 1 heterocycles. The molecule has 1 aliphatic rings. The minimum absolute atomic E-state index is 0.185. The highest BCUT2D eigenvalue weighted by Gasteiger charge is 2.30. The van der Waals surface area contributed by atoms with E-state index in [1.807, 2.05) is 12.1 Å². The molecule has 4 rings (SSSR count). The predicted molar refractivity (Wildman–Crippen MR) is 155 cm³/mol. The van der Waals surface area contributed by atoms with Crippen molar-refractivity contribution in [3.8, 4) is 11.5 Å². The maximum Gasteiger partial charge on any atom is 0.337 e. The lowest BCUT2D eigenvalue weighted by atomic mass is 10.1. The second-order valence-electron chi connectivity index (χ2n) is 7.98. The molecule has 1 aliphatic heterocycles. The molecule has 0 aromatic heterocycles. The van der Waals surface area contributed by atoms with Crippen LogP contribution in [0.2, 0.25) is 10.0 Å². The Hall–Kier alpha value is -2.98. The first-order valence-electron chi connectivity index (χ1n) is 11.1. The third-order valence-corrected chi connectivity index (χ3v) is 7.82. The Labute approximate surface area is 242 Å². The maximum absolute atomic E-state index is 12.9. The van der Waals surface area contributed by atoms with Gasteiger partial charge < -0.3 is 14.2 Å². The van der Waals surface area contributed by atoms with Gasteiger partial charge in [-0.2, -0.15) is 0 Å². The number of methoxy groups -OCH3 is 2. The Morgan fingerprint density at radius 3 is 2.47 bits per heavy atom. The molecule has 3 aromatic rings. The Balaban J connectivity index is 1.54. The summed E-state index contributed by atoms with van der Waals surface area (Å²) in [5.74, 6) is 0.398. The lowest BCUT2D eigenvalue weighted by molar-refractivity contribution is -0.121. The maximum atomic E-state index is 12.9. The molecule has 11 heteroatoms. The fourth-order valence-electron chi connectivity index (χ4n) is 3.45. The molecule has 3 aromatic carbocycles. The molecule has 0 radical (unpaired) electrons. The molecule has 0 spiro atoms. The standard InChI is InChI=1S/C27H21BrCl2N2O5S/c1-32-25(33)23(38-27(32)31-18-7-5-17(6-8-18)26(34)36-3)13-16-10-19(28)24(22(12-16)35-2)37-14-15-4-9-20(29)21(30)11-15/h4-13H,14H2,1-3H3/b23-13-,31-27?. The van der Waals surface area contributed by atoms with Gasteiger partial charge in [-0.15, -0.1) is 0 Å². The van der Waals surface area contributed by atoms with Crippen molar-refractivity contribution in [3.63, 3.8) is 0 Å². The molecule has 0 N–H and O–H groups in total. The second kappa shape index (κ2) is 12.3. The van der Waals surface area contributed by atoms with Crippen molar-refractivity contribution in [2.75, 3.05) is 21.3 Å². The lowest BCUT2D eigenvalue weighted by Crippen LogP contribution is -2.23. The zero-order valence-electron chi connectivity index (χ0n) is 20.5. The number of halogens is 3. The van der Waals surface area contributed by atoms with Crippen molar-refractivity contribution >= 4 is 79.7 Å². The first-order valence-corrected chi connectivity index (χ1v) is 13.5. The summed E-state index contributed by atoms with van der Waals surface area (Å²) in [6.45, 7) is 0.256. The van der Waals surface area contributed by atoms with Gasteiger partial charge in [0.1, 0.15) is 6.61 Å². The summed E-state index contributed by atoms with van der Waals surface area (Å²) in [5, 5.41) is 1.44. The van der Waals surface area contributed by atoms with Crippen LogP contribution >= 0.6 is 50.9 Å². The van der Waals surface area contributed by atoms with Gasteiger partial charge in [0.05, 0.1) is 44.9 Å². The highest BCUT2D eigenvalue weighted by atomic mass is 79.9. The summed E-state index contributed by atoms with van der Waals surface area (Å²) in [4.78, 5) is 31.1. The van der Waals surface area contributed by atoms with Crippen molar-refractivity contribution in [2.24, 2.45) is 4.99 Å². The average molecular weight is 636 g/mol. The summed E-state index contributed by atoms with van der Waals surface area (Å²) in [6, 6.07) is 15.6. The molecule has 7 nitrogen and oxygen atoms in total. The van der Waals surface area contributed by atoms with E-state index in [-0.39, 0.29) is 12.5 Å². The predicted octanol–water partition coefficient (Wildman–Crippen LogP) is 7.36. The van der Waals surface area contributed by atoms with Crippen LogP contribution in [-0.4, -0.2) is 43.2 Å². The van der Waals surface area contributed by atoms with Gasteiger partial charge in [-0.05, 0) is 93.4 Å². The minimum Gasteiger partial charge on any atom is -0.493 e. The minimum atomic E-state index is -0.427. The van der Waals surface area contributed by atoms with Gasteiger partial charge in [0, 0.05) is 7.05 Å². The molecule has 1 fully saturated rings. The number of carbonyl (C=O) groups is 2. The molecule has 0 unspecified atom stereocenters. The Morgan fingerprint density at radius 1 is 1.08 bits per heavy atom. The van der Waals surface area contributed by atoms with Crippen molar-refractivity contribution in [1.29, 1.82) is 0 Å². The van der Waals surface area contributed by atoms with Crippen molar-refractivity contribution in [1.82, 2.24) is 4.90 Å². The van der Waals surface area contributed by atoms with Crippen LogP contribution in [0.25, 0.3) is 6.08 Å². The summed E-state index contributed by atoms with van der Waals surface area (Å²) < 4.78 is 16.9. The van der Waals surface area contributed by atoms with E-state index in [1.54, 1.807) is 62.7 Å². The first-order chi connectivity index (χ1) is 18.2. The number of amidine groups is 1. The quantitative estimate of drug-likeness (QED) is 0.199. The topological polar surface area (TPSA) is 77.4 Å². The number of likely N-dealkylation sites (N-methyl/N-ethyl adjacent to an activating group) is 1. The number of esters is 1. The average Bonchev–Trinajstić information content (AvgIpc) is 3.17. The number of thioether (sulfide) groups is 1. The van der Waals surface area contributed by atoms with E-state index in [0.29, 0.717) is 47.3 Å². The molecule has 0 aliphatic carbocycles.